The summed E-state index contributed by atoms with van der Waals surface area (Å²) in [7, 11) is 0. The largest absolute Gasteiger partial charge is 0.465 e. The average Bonchev–Trinajstić information content (AvgIpc) is 2.36. The molecule has 2 rings (SSSR count). The van der Waals surface area contributed by atoms with Crippen LogP contribution in [0.25, 0.3) is 0 Å². The molecular formula is C15H19BrN2O3S. The molecule has 1 aliphatic rings. The second-order valence-corrected chi connectivity index (χ2v) is 8.20. The Bertz CT molecular complexity index is 615. The lowest BCUT2D eigenvalue weighted by atomic mass is 9.84. The normalized spacial score (nSPS) is 25.5. The van der Waals surface area contributed by atoms with E-state index in [-0.39, 0.29) is 5.25 Å². The molecule has 2 atom stereocenters. The maximum atomic E-state index is 11.0. The van der Waals surface area contributed by atoms with E-state index in [4.69, 9.17) is 5.11 Å². The Morgan fingerprint density at radius 1 is 1.55 bits per heavy atom. The number of hydrogen-bond donors (Lipinski definition) is 3. The number of halogens is 1. The van der Waals surface area contributed by atoms with Crippen molar-refractivity contribution in [2.75, 3.05) is 0 Å². The van der Waals surface area contributed by atoms with E-state index in [1.54, 1.807) is 13.8 Å². The zero-order chi connectivity index (χ0) is 16.5. The van der Waals surface area contributed by atoms with Gasteiger partial charge in [-0.3, -0.25) is 10.3 Å². The molecule has 0 aromatic heterocycles. The van der Waals surface area contributed by atoms with Crippen molar-refractivity contribution in [3.05, 3.63) is 34.3 Å². The fraction of sp³-hybridized carbons (Fsp3) is 0.467. The molecule has 0 fully saturated rings. The first-order chi connectivity index (χ1) is 10.1. The lowest BCUT2D eigenvalue weighted by Gasteiger charge is -2.40. The van der Waals surface area contributed by atoms with Crippen molar-refractivity contribution < 1.29 is 15.0 Å². The number of aliphatic imine (C=N–C) groups is 1. The molecule has 7 heteroatoms. The Labute approximate surface area is 142 Å². The van der Waals surface area contributed by atoms with E-state index >= 15 is 0 Å². The minimum absolute atomic E-state index is 0.171. The van der Waals surface area contributed by atoms with Crippen LogP contribution in [0.5, 0.6) is 0 Å². The minimum atomic E-state index is -1.15. The summed E-state index contributed by atoms with van der Waals surface area (Å²) in [5.41, 5.74) is -0.572. The molecule has 120 valence electrons. The van der Waals surface area contributed by atoms with E-state index in [2.05, 4.69) is 26.2 Å². The van der Waals surface area contributed by atoms with Gasteiger partial charge in [0, 0.05) is 9.72 Å². The predicted molar refractivity (Wildman–Crippen MR) is 92.4 cm³/mol. The third-order valence-corrected chi connectivity index (χ3v) is 5.57. The first kappa shape index (κ1) is 17.3. The van der Waals surface area contributed by atoms with E-state index in [1.807, 2.05) is 31.2 Å². The smallest absolute Gasteiger partial charge is 0.410 e. The summed E-state index contributed by atoms with van der Waals surface area (Å²) in [4.78, 5) is 15.5. The highest BCUT2D eigenvalue weighted by atomic mass is 79.9. The summed E-state index contributed by atoms with van der Waals surface area (Å²) in [6.45, 7) is 5.42. The van der Waals surface area contributed by atoms with Crippen LogP contribution in [0.1, 0.15) is 32.8 Å². The number of hydrogen-bond acceptors (Lipinski definition) is 4. The van der Waals surface area contributed by atoms with Crippen molar-refractivity contribution in [2.45, 2.75) is 43.6 Å². The van der Waals surface area contributed by atoms with Gasteiger partial charge in [-0.05, 0) is 44.9 Å². The number of nitrogens with zero attached hydrogens (tertiary/aromatic N) is 1. The summed E-state index contributed by atoms with van der Waals surface area (Å²) in [6, 6.07) is 7.78. The standard InChI is InChI=1S/C15H19BrN2O3S/c1-14(2,21)11-8-15(3,9-5-4-6-10(16)7-9)18-12(22-11)17-13(19)20/h4-7,11,21H,8H2,1-3H3,(H,17,18)(H,19,20)/t11-,15-/m0/s1. The molecular weight excluding hydrogens is 368 g/mol. The number of carboxylic acid groups (broad SMARTS) is 1. The topological polar surface area (TPSA) is 81.9 Å². The molecule has 0 spiro atoms. The van der Waals surface area contributed by atoms with Gasteiger partial charge in [0.1, 0.15) is 0 Å². The maximum absolute atomic E-state index is 11.0. The Balaban J connectivity index is 2.44. The number of nitrogens with one attached hydrogen (secondary N) is 1. The van der Waals surface area contributed by atoms with E-state index < -0.39 is 17.2 Å². The van der Waals surface area contributed by atoms with Crippen LogP contribution < -0.4 is 5.32 Å². The average molecular weight is 387 g/mol. The Hall–Kier alpha value is -1.05. The second-order valence-electron chi connectivity index (χ2n) is 6.10. The molecule has 5 nitrogen and oxygen atoms in total. The first-order valence-corrected chi connectivity index (χ1v) is 8.52. The third kappa shape index (κ3) is 4.02. The highest BCUT2D eigenvalue weighted by molar-refractivity contribution is 9.10. The van der Waals surface area contributed by atoms with Gasteiger partial charge in [-0.15, -0.1) is 0 Å². The highest BCUT2D eigenvalue weighted by Crippen LogP contribution is 2.43. The van der Waals surface area contributed by atoms with Crippen LogP contribution in [0.3, 0.4) is 0 Å². The Morgan fingerprint density at radius 2 is 2.23 bits per heavy atom. The number of aliphatic hydroxyl groups is 1. The number of benzene rings is 1. The van der Waals surface area contributed by atoms with E-state index in [1.165, 1.54) is 11.8 Å². The van der Waals surface area contributed by atoms with Crippen LogP contribution in [-0.2, 0) is 5.54 Å². The fourth-order valence-electron chi connectivity index (χ4n) is 2.38. The first-order valence-electron chi connectivity index (χ1n) is 6.85. The summed E-state index contributed by atoms with van der Waals surface area (Å²) in [5.74, 6) is 0. The van der Waals surface area contributed by atoms with Gasteiger partial charge >= 0.3 is 6.09 Å². The molecule has 1 heterocycles. The number of amidine groups is 1. The lowest BCUT2D eigenvalue weighted by molar-refractivity contribution is 0.0685. The van der Waals surface area contributed by atoms with Crippen LogP contribution in [-0.4, -0.2) is 32.3 Å². The molecule has 0 unspecified atom stereocenters. The SMILES string of the molecule is CC(C)(O)[C@@H]1C[C@@](C)(c2cccc(Br)c2)N=C(NC(=O)O)S1. The molecule has 1 aliphatic heterocycles. The van der Waals surface area contributed by atoms with E-state index in [0.717, 1.165) is 10.0 Å². The van der Waals surface area contributed by atoms with Gasteiger partial charge in [-0.1, -0.05) is 39.8 Å². The number of thioether (sulfide) groups is 1. The summed E-state index contributed by atoms with van der Waals surface area (Å²) >= 11 is 4.71. The second kappa shape index (κ2) is 6.22. The van der Waals surface area contributed by atoms with Crippen LogP contribution in [0.2, 0.25) is 0 Å². The summed E-state index contributed by atoms with van der Waals surface area (Å²) < 4.78 is 0.937. The van der Waals surface area contributed by atoms with Gasteiger partial charge in [-0.2, -0.15) is 0 Å². The molecule has 3 N–H and O–H groups in total. The van der Waals surface area contributed by atoms with Gasteiger partial charge in [-0.25, -0.2) is 4.79 Å². The quantitative estimate of drug-likeness (QED) is 0.725. The molecule has 1 aromatic rings. The van der Waals surface area contributed by atoms with Gasteiger partial charge in [0.05, 0.1) is 11.1 Å². The zero-order valence-electron chi connectivity index (χ0n) is 12.6. The molecule has 1 aromatic carbocycles. The molecule has 0 radical (unpaired) electrons. The number of rotatable bonds is 2. The lowest BCUT2D eigenvalue weighted by Crippen LogP contribution is -2.45. The van der Waals surface area contributed by atoms with Gasteiger partial charge in [0.25, 0.3) is 0 Å². The van der Waals surface area contributed by atoms with Crippen LogP contribution in [0.15, 0.2) is 33.7 Å². The monoisotopic (exact) mass is 386 g/mol. The van der Waals surface area contributed by atoms with Crippen molar-refractivity contribution in [1.82, 2.24) is 5.32 Å². The van der Waals surface area contributed by atoms with Crippen LogP contribution >= 0.6 is 27.7 Å². The van der Waals surface area contributed by atoms with Crippen molar-refractivity contribution in [3.63, 3.8) is 0 Å². The molecule has 22 heavy (non-hydrogen) atoms. The van der Waals surface area contributed by atoms with Crippen molar-refractivity contribution in [1.29, 1.82) is 0 Å². The Morgan fingerprint density at radius 3 is 2.77 bits per heavy atom. The van der Waals surface area contributed by atoms with Gasteiger partial charge in [0.2, 0.25) is 0 Å². The fourth-order valence-corrected chi connectivity index (χ4v) is 4.15. The molecule has 0 saturated carbocycles. The summed E-state index contributed by atoms with van der Waals surface area (Å²) in [6.07, 6.45) is -0.540. The van der Waals surface area contributed by atoms with E-state index in [0.29, 0.717) is 11.6 Å². The van der Waals surface area contributed by atoms with Crippen LogP contribution in [0, 0.1) is 0 Å². The van der Waals surface area contributed by atoms with Crippen molar-refractivity contribution >= 4 is 39.0 Å². The Kier molecular flexibility index (Phi) is 4.89. The minimum Gasteiger partial charge on any atom is -0.465 e. The number of amides is 1. The zero-order valence-corrected chi connectivity index (χ0v) is 15.0. The third-order valence-electron chi connectivity index (χ3n) is 3.63. The predicted octanol–water partition coefficient (Wildman–Crippen LogP) is 3.56. The van der Waals surface area contributed by atoms with Gasteiger partial charge in [0.15, 0.2) is 5.17 Å². The van der Waals surface area contributed by atoms with Crippen LogP contribution in [0.4, 0.5) is 4.79 Å². The summed E-state index contributed by atoms with van der Waals surface area (Å²) in [5, 5.41) is 21.8. The van der Waals surface area contributed by atoms with Gasteiger partial charge < -0.3 is 10.2 Å². The molecule has 0 saturated heterocycles. The van der Waals surface area contributed by atoms with Crippen molar-refractivity contribution in [3.8, 4) is 0 Å². The number of carbonyl (C=O) groups is 1. The van der Waals surface area contributed by atoms with E-state index in [9.17, 15) is 9.90 Å². The highest BCUT2D eigenvalue weighted by Gasteiger charge is 2.41. The molecule has 0 aliphatic carbocycles. The molecule has 1 amide bonds. The maximum Gasteiger partial charge on any atom is 0.410 e. The molecule has 0 bridgehead atoms. The van der Waals surface area contributed by atoms with Crippen molar-refractivity contribution in [2.24, 2.45) is 4.99 Å².